The van der Waals surface area contributed by atoms with Gasteiger partial charge in [0.1, 0.15) is 11.8 Å². The fourth-order valence-electron chi connectivity index (χ4n) is 1.74. The highest BCUT2D eigenvalue weighted by molar-refractivity contribution is 5.96. The molecule has 7 heteroatoms. The highest BCUT2D eigenvalue weighted by atomic mass is 16.5. The zero-order valence-corrected chi connectivity index (χ0v) is 12.5. The number of rotatable bonds is 8. The van der Waals surface area contributed by atoms with Gasteiger partial charge in [-0.1, -0.05) is 0 Å². The topological polar surface area (TPSA) is 119 Å². The number of hydrogen-bond donors (Lipinski definition) is 3. The molecule has 0 aliphatic heterocycles. The number of nitrogens with two attached hydrogens (primary N) is 1. The van der Waals surface area contributed by atoms with Crippen molar-refractivity contribution in [3.63, 3.8) is 0 Å². The summed E-state index contributed by atoms with van der Waals surface area (Å²) in [6.45, 7) is 3.77. The van der Waals surface area contributed by atoms with Crippen LogP contribution in [-0.4, -0.2) is 35.0 Å². The number of primary amides is 1. The molecule has 0 heterocycles. The molecule has 22 heavy (non-hydrogen) atoms. The quantitative estimate of drug-likeness (QED) is 0.660. The molecule has 0 saturated carbocycles. The van der Waals surface area contributed by atoms with E-state index in [9.17, 15) is 14.4 Å². The van der Waals surface area contributed by atoms with Gasteiger partial charge in [0.05, 0.1) is 6.10 Å². The van der Waals surface area contributed by atoms with Gasteiger partial charge < -0.3 is 20.9 Å². The van der Waals surface area contributed by atoms with Gasteiger partial charge in [-0.3, -0.25) is 9.59 Å². The van der Waals surface area contributed by atoms with Crippen LogP contribution in [0.25, 0.3) is 0 Å². The van der Waals surface area contributed by atoms with Crippen LogP contribution in [0.4, 0.5) is 0 Å². The normalized spacial score (nSPS) is 11.8. The first-order chi connectivity index (χ1) is 10.3. The molecule has 0 fully saturated rings. The van der Waals surface area contributed by atoms with Gasteiger partial charge in [0, 0.05) is 12.0 Å². The van der Waals surface area contributed by atoms with Crippen molar-refractivity contribution in [3.05, 3.63) is 29.8 Å². The lowest BCUT2D eigenvalue weighted by Gasteiger charge is -2.14. The van der Waals surface area contributed by atoms with Crippen molar-refractivity contribution >= 4 is 17.8 Å². The van der Waals surface area contributed by atoms with Gasteiger partial charge >= 0.3 is 5.97 Å². The summed E-state index contributed by atoms with van der Waals surface area (Å²) in [5.41, 5.74) is 5.29. The third-order valence-electron chi connectivity index (χ3n) is 2.77. The van der Waals surface area contributed by atoms with Crippen molar-refractivity contribution in [2.45, 2.75) is 38.8 Å². The number of benzene rings is 1. The highest BCUT2D eigenvalue weighted by Crippen LogP contribution is 2.14. The Hall–Kier alpha value is -2.57. The number of ether oxygens (including phenoxy) is 1. The fraction of sp³-hybridized carbons (Fsp3) is 0.400. The summed E-state index contributed by atoms with van der Waals surface area (Å²) >= 11 is 0. The third kappa shape index (κ3) is 5.82. The van der Waals surface area contributed by atoms with E-state index < -0.39 is 23.8 Å². The molecule has 0 aliphatic carbocycles. The molecule has 1 rings (SSSR count). The molecule has 1 atom stereocenters. The summed E-state index contributed by atoms with van der Waals surface area (Å²) in [6.07, 6.45) is -0.145. The van der Waals surface area contributed by atoms with Crippen LogP contribution in [0.1, 0.15) is 37.0 Å². The Morgan fingerprint density at radius 2 is 1.82 bits per heavy atom. The number of aliphatic carboxylic acids is 1. The molecule has 0 aromatic heterocycles. The predicted octanol–water partition coefficient (Wildman–Crippen LogP) is 0.922. The number of carboxylic acid groups (broad SMARTS) is 1. The highest BCUT2D eigenvalue weighted by Gasteiger charge is 2.21. The van der Waals surface area contributed by atoms with E-state index in [0.717, 1.165) is 0 Å². The van der Waals surface area contributed by atoms with Crippen LogP contribution in [0.5, 0.6) is 5.75 Å². The third-order valence-corrected chi connectivity index (χ3v) is 2.77. The van der Waals surface area contributed by atoms with Gasteiger partial charge in [0.2, 0.25) is 5.91 Å². The number of carbonyl (C=O) groups excluding carboxylic acids is 2. The van der Waals surface area contributed by atoms with Crippen LogP contribution in [0.15, 0.2) is 24.3 Å². The predicted molar refractivity (Wildman–Crippen MR) is 79.5 cm³/mol. The summed E-state index contributed by atoms with van der Waals surface area (Å²) in [7, 11) is 0. The molecule has 0 spiro atoms. The Morgan fingerprint density at radius 1 is 1.23 bits per heavy atom. The fourth-order valence-corrected chi connectivity index (χ4v) is 1.74. The zero-order chi connectivity index (χ0) is 16.7. The minimum absolute atomic E-state index is 0.0184. The molecule has 0 radical (unpaired) electrons. The van der Waals surface area contributed by atoms with Crippen LogP contribution in [0.3, 0.4) is 0 Å². The second-order valence-corrected chi connectivity index (χ2v) is 5.06. The van der Waals surface area contributed by atoms with Crippen molar-refractivity contribution < 1.29 is 24.2 Å². The van der Waals surface area contributed by atoms with E-state index in [1.165, 1.54) is 0 Å². The van der Waals surface area contributed by atoms with Gasteiger partial charge in [-0.25, -0.2) is 4.79 Å². The molecule has 0 saturated heterocycles. The first-order valence-corrected chi connectivity index (χ1v) is 6.88. The van der Waals surface area contributed by atoms with Gasteiger partial charge in [0.25, 0.3) is 5.91 Å². The molecule has 4 N–H and O–H groups in total. The van der Waals surface area contributed by atoms with Gasteiger partial charge in [-0.05, 0) is 44.5 Å². The van der Waals surface area contributed by atoms with Gasteiger partial charge in [-0.2, -0.15) is 0 Å². The van der Waals surface area contributed by atoms with E-state index in [-0.39, 0.29) is 18.9 Å². The number of hydrogen-bond acceptors (Lipinski definition) is 4. The number of carbonyl (C=O) groups is 3. The van der Waals surface area contributed by atoms with Crippen molar-refractivity contribution in [1.29, 1.82) is 0 Å². The van der Waals surface area contributed by atoms with Crippen molar-refractivity contribution in [1.82, 2.24) is 5.32 Å². The van der Waals surface area contributed by atoms with Crippen molar-refractivity contribution in [3.8, 4) is 5.75 Å². The summed E-state index contributed by atoms with van der Waals surface area (Å²) in [6, 6.07) is 5.19. The van der Waals surface area contributed by atoms with E-state index in [2.05, 4.69) is 5.32 Å². The standard InChI is InChI=1S/C15H20N2O5/c1-9(2)22-11-5-3-10(4-6-11)14(19)17-12(15(20)21)7-8-13(16)18/h3-6,9,12H,7-8H2,1-2H3,(H2,16,18)(H,17,19)(H,20,21)/t12-/m0/s1. The summed E-state index contributed by atoms with van der Waals surface area (Å²) in [5, 5.41) is 11.4. The molecular weight excluding hydrogens is 288 g/mol. The minimum Gasteiger partial charge on any atom is -0.491 e. The Labute approximate surface area is 128 Å². The molecule has 0 unspecified atom stereocenters. The summed E-state index contributed by atoms with van der Waals surface area (Å²) in [4.78, 5) is 33.8. The second kappa shape index (κ2) is 8.02. The molecule has 7 nitrogen and oxygen atoms in total. The average molecular weight is 308 g/mol. The van der Waals surface area contributed by atoms with Gasteiger partial charge in [-0.15, -0.1) is 0 Å². The largest absolute Gasteiger partial charge is 0.491 e. The SMILES string of the molecule is CC(C)Oc1ccc(C(=O)N[C@@H](CCC(N)=O)C(=O)O)cc1. The molecule has 1 aromatic carbocycles. The van der Waals surface area contributed by atoms with Crippen molar-refractivity contribution in [2.24, 2.45) is 5.73 Å². The van der Waals surface area contributed by atoms with Gasteiger partial charge in [0.15, 0.2) is 0 Å². The first-order valence-electron chi connectivity index (χ1n) is 6.88. The van der Waals surface area contributed by atoms with Crippen molar-refractivity contribution in [2.75, 3.05) is 0 Å². The summed E-state index contributed by atoms with van der Waals surface area (Å²) < 4.78 is 5.46. The lowest BCUT2D eigenvalue weighted by Crippen LogP contribution is -2.41. The molecular formula is C15H20N2O5. The lowest BCUT2D eigenvalue weighted by molar-refractivity contribution is -0.139. The Balaban J connectivity index is 2.69. The maximum absolute atomic E-state index is 12.0. The molecule has 0 bridgehead atoms. The molecule has 2 amide bonds. The van der Waals surface area contributed by atoms with E-state index in [1.807, 2.05) is 13.8 Å². The number of carboxylic acids is 1. The molecule has 120 valence electrons. The second-order valence-electron chi connectivity index (χ2n) is 5.06. The molecule has 0 aliphatic rings. The first kappa shape index (κ1) is 17.5. The summed E-state index contributed by atoms with van der Waals surface area (Å²) in [5.74, 6) is -1.74. The minimum atomic E-state index is -1.21. The van der Waals surface area contributed by atoms with Crippen LogP contribution in [0, 0.1) is 0 Å². The van der Waals surface area contributed by atoms with E-state index in [4.69, 9.17) is 15.6 Å². The Morgan fingerprint density at radius 3 is 2.27 bits per heavy atom. The smallest absolute Gasteiger partial charge is 0.326 e. The van der Waals surface area contributed by atoms with Crippen LogP contribution < -0.4 is 15.8 Å². The number of amides is 2. The zero-order valence-electron chi connectivity index (χ0n) is 12.5. The van der Waals surface area contributed by atoms with E-state index in [0.29, 0.717) is 11.3 Å². The van der Waals surface area contributed by atoms with E-state index in [1.54, 1.807) is 24.3 Å². The van der Waals surface area contributed by atoms with Crippen LogP contribution in [-0.2, 0) is 9.59 Å². The van der Waals surface area contributed by atoms with E-state index >= 15 is 0 Å². The monoisotopic (exact) mass is 308 g/mol. The Bertz CT molecular complexity index is 539. The average Bonchev–Trinajstić information content (AvgIpc) is 2.42. The number of nitrogens with one attached hydrogen (secondary N) is 1. The maximum atomic E-state index is 12.0. The molecule has 1 aromatic rings. The maximum Gasteiger partial charge on any atom is 0.326 e. The Kier molecular flexibility index (Phi) is 6.37. The van der Waals surface area contributed by atoms with Crippen LogP contribution >= 0.6 is 0 Å². The van der Waals surface area contributed by atoms with Crippen LogP contribution in [0.2, 0.25) is 0 Å². The lowest BCUT2D eigenvalue weighted by atomic mass is 10.1.